The first kappa shape index (κ1) is 15.7. The molecule has 5 nitrogen and oxygen atoms in total. The lowest BCUT2D eigenvalue weighted by atomic mass is 9.83. The van der Waals surface area contributed by atoms with E-state index in [0.29, 0.717) is 11.3 Å². The molecule has 25 heavy (non-hydrogen) atoms. The fourth-order valence-electron chi connectivity index (χ4n) is 2.93. The van der Waals surface area contributed by atoms with Gasteiger partial charge in [0.1, 0.15) is 17.5 Å². The number of hydrogen-bond donors (Lipinski definition) is 2. The molecule has 0 saturated heterocycles. The largest absolute Gasteiger partial charge is 0.420 e. The Hall–Kier alpha value is -2.82. The van der Waals surface area contributed by atoms with Crippen LogP contribution in [0.4, 0.5) is 4.39 Å². The van der Waals surface area contributed by atoms with Gasteiger partial charge in [-0.05, 0) is 23.6 Å². The minimum Gasteiger partial charge on any atom is -0.420 e. The van der Waals surface area contributed by atoms with Gasteiger partial charge in [0.15, 0.2) is 0 Å². The predicted octanol–water partition coefficient (Wildman–Crippen LogP) is 4.15. The Morgan fingerprint density at radius 1 is 1.32 bits per heavy atom. The zero-order valence-corrected chi connectivity index (χ0v) is 14.2. The predicted molar refractivity (Wildman–Crippen MR) is 92.6 cm³/mol. The van der Waals surface area contributed by atoms with Gasteiger partial charge >= 0.3 is 0 Å². The van der Waals surface area contributed by atoms with Gasteiger partial charge in [-0.1, -0.05) is 23.7 Å². The Morgan fingerprint density at radius 3 is 2.84 bits per heavy atom. The second-order valence-corrected chi connectivity index (χ2v) is 6.71. The van der Waals surface area contributed by atoms with E-state index in [1.807, 2.05) is 23.6 Å². The third-order valence-corrected chi connectivity index (χ3v) is 5.21. The van der Waals surface area contributed by atoms with E-state index >= 15 is 0 Å². The van der Waals surface area contributed by atoms with E-state index in [9.17, 15) is 9.65 Å². The van der Waals surface area contributed by atoms with Crippen molar-refractivity contribution in [2.75, 3.05) is 0 Å². The van der Waals surface area contributed by atoms with Crippen molar-refractivity contribution in [3.05, 3.63) is 69.1 Å². The lowest BCUT2D eigenvalue weighted by Crippen LogP contribution is -2.21. The molecule has 0 saturated carbocycles. The molecule has 4 rings (SSSR count). The highest BCUT2D eigenvalue weighted by Gasteiger charge is 2.38. The second-order valence-electron chi connectivity index (χ2n) is 5.35. The standard InChI is InChI=1S/C17H10ClFN4OS/c18-9-3-1-4-10(19)13(9)12-8(7-20)16(21)24-17-14(12)15(22-23-17)11-5-2-6-25-11/h1-6,12H,21H2,(H,22,23)/t12-/m0/s1. The monoisotopic (exact) mass is 372 g/mol. The highest BCUT2D eigenvalue weighted by Crippen LogP contribution is 2.48. The van der Waals surface area contributed by atoms with Gasteiger partial charge < -0.3 is 10.5 Å². The molecule has 0 radical (unpaired) electrons. The molecule has 1 atom stereocenters. The molecule has 0 aliphatic carbocycles. The Labute approximate surface area is 151 Å². The van der Waals surface area contributed by atoms with Crippen molar-refractivity contribution >= 4 is 22.9 Å². The van der Waals surface area contributed by atoms with Gasteiger partial charge in [-0.15, -0.1) is 16.4 Å². The molecule has 0 fully saturated rings. The summed E-state index contributed by atoms with van der Waals surface area (Å²) in [5, 5.41) is 18.8. The van der Waals surface area contributed by atoms with E-state index in [1.165, 1.54) is 23.5 Å². The fourth-order valence-corrected chi connectivity index (χ4v) is 3.94. The number of nitriles is 1. The molecule has 3 N–H and O–H groups in total. The summed E-state index contributed by atoms with van der Waals surface area (Å²) in [6.07, 6.45) is 0. The van der Waals surface area contributed by atoms with E-state index < -0.39 is 11.7 Å². The third kappa shape index (κ3) is 2.38. The third-order valence-electron chi connectivity index (χ3n) is 3.99. The van der Waals surface area contributed by atoms with E-state index in [2.05, 4.69) is 10.2 Å². The second kappa shape index (κ2) is 5.92. The molecule has 3 heterocycles. The summed E-state index contributed by atoms with van der Waals surface area (Å²) in [6.45, 7) is 0. The molecule has 1 aliphatic rings. The van der Waals surface area contributed by atoms with Gasteiger partial charge in [0.2, 0.25) is 11.8 Å². The zero-order chi connectivity index (χ0) is 17.6. The summed E-state index contributed by atoms with van der Waals surface area (Å²) < 4.78 is 20.1. The molecule has 8 heteroatoms. The molecule has 1 aromatic carbocycles. The van der Waals surface area contributed by atoms with Crippen molar-refractivity contribution in [3.63, 3.8) is 0 Å². The number of hydrogen-bond acceptors (Lipinski definition) is 5. The summed E-state index contributed by atoms with van der Waals surface area (Å²) in [4.78, 5) is 0.882. The van der Waals surface area contributed by atoms with Gasteiger partial charge in [-0.25, -0.2) is 4.39 Å². The van der Waals surface area contributed by atoms with Gasteiger partial charge in [0.25, 0.3) is 0 Å². The SMILES string of the molecule is N#CC1=C(N)Oc2n[nH]c(-c3cccs3)c2[C@@H]1c1c(F)cccc1Cl. The molecule has 0 spiro atoms. The molecular formula is C17H10ClFN4OS. The van der Waals surface area contributed by atoms with Crippen LogP contribution in [0, 0.1) is 17.1 Å². The Kier molecular flexibility index (Phi) is 3.71. The summed E-state index contributed by atoms with van der Waals surface area (Å²) in [5.41, 5.74) is 7.34. The van der Waals surface area contributed by atoms with Gasteiger partial charge in [0, 0.05) is 10.6 Å². The van der Waals surface area contributed by atoms with E-state index in [0.717, 1.165) is 4.88 Å². The number of nitrogens with zero attached hydrogens (tertiary/aromatic N) is 2. The summed E-state index contributed by atoms with van der Waals surface area (Å²) in [6, 6.07) is 10.2. The Bertz CT molecular complexity index is 1020. The van der Waals surface area contributed by atoms with Crippen LogP contribution < -0.4 is 10.5 Å². The average molecular weight is 373 g/mol. The molecule has 0 bridgehead atoms. The van der Waals surface area contributed by atoms with E-state index in [4.69, 9.17) is 22.1 Å². The lowest BCUT2D eigenvalue weighted by molar-refractivity contribution is 0.378. The van der Waals surface area contributed by atoms with Crippen LogP contribution in [0.3, 0.4) is 0 Å². The van der Waals surface area contributed by atoms with Gasteiger partial charge in [-0.2, -0.15) is 5.26 Å². The molecule has 0 amide bonds. The Morgan fingerprint density at radius 2 is 2.16 bits per heavy atom. The van der Waals surface area contributed by atoms with Crippen LogP contribution in [0.25, 0.3) is 10.6 Å². The number of allylic oxidation sites excluding steroid dienone is 1. The summed E-state index contributed by atoms with van der Waals surface area (Å²) in [5.74, 6) is -1.23. The molecule has 3 aromatic rings. The van der Waals surface area contributed by atoms with Crippen molar-refractivity contribution in [1.29, 1.82) is 5.26 Å². The maximum atomic E-state index is 14.6. The van der Waals surface area contributed by atoms with Crippen molar-refractivity contribution in [2.24, 2.45) is 5.73 Å². The van der Waals surface area contributed by atoms with Crippen LogP contribution in [0.2, 0.25) is 5.02 Å². The highest BCUT2D eigenvalue weighted by atomic mass is 35.5. The highest BCUT2D eigenvalue weighted by molar-refractivity contribution is 7.13. The smallest absolute Gasteiger partial charge is 0.244 e. The average Bonchev–Trinajstić information content (AvgIpc) is 3.23. The van der Waals surface area contributed by atoms with E-state index in [1.54, 1.807) is 6.07 Å². The molecule has 124 valence electrons. The van der Waals surface area contributed by atoms with Crippen LogP contribution in [0.5, 0.6) is 5.88 Å². The normalized spacial score (nSPS) is 16.3. The number of thiophene rings is 1. The maximum Gasteiger partial charge on any atom is 0.244 e. The van der Waals surface area contributed by atoms with Crippen molar-refractivity contribution < 1.29 is 9.13 Å². The van der Waals surface area contributed by atoms with Crippen molar-refractivity contribution in [3.8, 4) is 22.5 Å². The van der Waals surface area contributed by atoms with Crippen LogP contribution >= 0.6 is 22.9 Å². The first-order chi connectivity index (χ1) is 12.1. The fraction of sp³-hybridized carbons (Fsp3) is 0.0588. The van der Waals surface area contributed by atoms with Crippen LogP contribution in [0.1, 0.15) is 17.0 Å². The van der Waals surface area contributed by atoms with Crippen LogP contribution in [-0.4, -0.2) is 10.2 Å². The number of nitrogens with two attached hydrogens (primary N) is 1. The maximum absolute atomic E-state index is 14.6. The van der Waals surface area contributed by atoms with Crippen molar-refractivity contribution in [1.82, 2.24) is 10.2 Å². The quantitative estimate of drug-likeness (QED) is 0.707. The number of fused-ring (bicyclic) bond motifs is 1. The number of nitrogens with one attached hydrogen (secondary N) is 1. The molecule has 0 unspecified atom stereocenters. The zero-order valence-electron chi connectivity index (χ0n) is 12.6. The minimum absolute atomic E-state index is 0.0960. The number of benzene rings is 1. The summed E-state index contributed by atoms with van der Waals surface area (Å²) >= 11 is 7.75. The topological polar surface area (TPSA) is 87.7 Å². The van der Waals surface area contributed by atoms with Crippen molar-refractivity contribution in [2.45, 2.75) is 5.92 Å². The number of rotatable bonds is 2. The van der Waals surface area contributed by atoms with E-state index in [-0.39, 0.29) is 27.9 Å². The molecule has 1 aliphatic heterocycles. The Balaban J connectivity index is 2.03. The van der Waals surface area contributed by atoms with Gasteiger partial charge in [0.05, 0.1) is 22.1 Å². The van der Waals surface area contributed by atoms with Crippen LogP contribution in [-0.2, 0) is 0 Å². The molecular weight excluding hydrogens is 363 g/mol. The number of aromatic nitrogens is 2. The molecule has 2 aromatic heterocycles. The first-order valence-corrected chi connectivity index (χ1v) is 8.51. The summed E-state index contributed by atoms with van der Waals surface area (Å²) in [7, 11) is 0. The lowest BCUT2D eigenvalue weighted by Gasteiger charge is -2.24. The number of halogens is 2. The van der Waals surface area contributed by atoms with Gasteiger partial charge in [-0.3, -0.25) is 5.10 Å². The number of aromatic amines is 1. The number of H-pyrrole nitrogens is 1. The number of ether oxygens (including phenoxy) is 1. The van der Waals surface area contributed by atoms with Crippen LogP contribution in [0.15, 0.2) is 47.2 Å². The first-order valence-electron chi connectivity index (χ1n) is 7.25. The minimum atomic E-state index is -0.807.